The molecule has 1 atom stereocenters. The molecule has 0 aliphatic heterocycles. The van der Waals surface area contributed by atoms with Crippen molar-refractivity contribution in [2.75, 3.05) is 6.61 Å². The minimum atomic E-state index is -0.303. The third kappa shape index (κ3) is 3.37. The van der Waals surface area contributed by atoms with Gasteiger partial charge in [-0.3, -0.25) is 4.79 Å². The Balaban J connectivity index is 2.80. The first kappa shape index (κ1) is 13.3. The number of aliphatic hydroxyl groups excluding tert-OH is 1. The lowest BCUT2D eigenvalue weighted by Gasteiger charge is -2.14. The molecule has 1 rings (SSSR count). The number of carbonyl (C=O) groups is 1. The number of hydrogen-bond donors (Lipinski definition) is 2. The van der Waals surface area contributed by atoms with Crippen LogP contribution in [-0.2, 0) is 0 Å². The molecule has 0 aliphatic carbocycles. The van der Waals surface area contributed by atoms with E-state index in [4.69, 9.17) is 28.3 Å². The zero-order valence-corrected chi connectivity index (χ0v) is 10.3. The van der Waals surface area contributed by atoms with Gasteiger partial charge in [-0.05, 0) is 24.6 Å². The summed E-state index contributed by atoms with van der Waals surface area (Å²) in [6.07, 6.45) is 0.660. The molecule has 16 heavy (non-hydrogen) atoms. The maximum atomic E-state index is 11.8. The first-order valence-corrected chi connectivity index (χ1v) is 5.70. The van der Waals surface area contributed by atoms with Crippen molar-refractivity contribution in [3.05, 3.63) is 33.8 Å². The quantitative estimate of drug-likeness (QED) is 0.875. The van der Waals surface area contributed by atoms with Gasteiger partial charge in [-0.1, -0.05) is 30.1 Å². The smallest absolute Gasteiger partial charge is 0.253 e. The van der Waals surface area contributed by atoms with E-state index in [9.17, 15) is 4.79 Å². The Hall–Kier alpha value is -0.770. The van der Waals surface area contributed by atoms with E-state index in [0.29, 0.717) is 22.0 Å². The van der Waals surface area contributed by atoms with E-state index in [1.54, 1.807) is 12.1 Å². The Morgan fingerprint density at radius 1 is 1.50 bits per heavy atom. The number of benzene rings is 1. The van der Waals surface area contributed by atoms with Crippen LogP contribution in [0.5, 0.6) is 0 Å². The fourth-order valence-electron chi connectivity index (χ4n) is 1.21. The summed E-state index contributed by atoms with van der Waals surface area (Å²) in [4.78, 5) is 11.8. The average Bonchev–Trinajstić information content (AvgIpc) is 2.25. The third-order valence-electron chi connectivity index (χ3n) is 2.22. The van der Waals surface area contributed by atoms with Gasteiger partial charge in [-0.2, -0.15) is 0 Å². The molecule has 0 bridgehead atoms. The molecule has 0 aliphatic rings. The second-order valence-corrected chi connectivity index (χ2v) is 4.23. The number of aliphatic hydroxyl groups is 1. The summed E-state index contributed by atoms with van der Waals surface area (Å²) < 4.78 is 0. The van der Waals surface area contributed by atoms with Gasteiger partial charge in [0.25, 0.3) is 5.91 Å². The predicted octanol–water partition coefficient (Wildman–Crippen LogP) is 2.49. The van der Waals surface area contributed by atoms with E-state index in [1.165, 1.54) is 6.07 Å². The van der Waals surface area contributed by atoms with Crippen LogP contribution in [0, 0.1) is 0 Å². The van der Waals surface area contributed by atoms with Gasteiger partial charge in [0, 0.05) is 5.02 Å². The maximum absolute atomic E-state index is 11.8. The molecule has 0 aromatic heterocycles. The van der Waals surface area contributed by atoms with Gasteiger partial charge in [-0.25, -0.2) is 0 Å². The molecule has 0 fully saturated rings. The van der Waals surface area contributed by atoms with Crippen molar-refractivity contribution in [1.82, 2.24) is 5.32 Å². The molecule has 1 aromatic rings. The summed E-state index contributed by atoms with van der Waals surface area (Å²) in [5.41, 5.74) is 0.359. The van der Waals surface area contributed by atoms with Crippen molar-refractivity contribution in [2.45, 2.75) is 19.4 Å². The van der Waals surface area contributed by atoms with E-state index in [-0.39, 0.29) is 18.6 Å². The van der Waals surface area contributed by atoms with Crippen LogP contribution in [0.1, 0.15) is 23.7 Å². The van der Waals surface area contributed by atoms with Crippen LogP contribution < -0.4 is 5.32 Å². The second kappa shape index (κ2) is 6.09. The molecular weight excluding hydrogens is 249 g/mol. The first-order chi connectivity index (χ1) is 7.58. The molecule has 88 valence electrons. The summed E-state index contributed by atoms with van der Waals surface area (Å²) in [5.74, 6) is -0.303. The predicted molar refractivity (Wildman–Crippen MR) is 65.1 cm³/mol. The summed E-state index contributed by atoms with van der Waals surface area (Å²) >= 11 is 11.6. The zero-order chi connectivity index (χ0) is 12.1. The van der Waals surface area contributed by atoms with E-state index >= 15 is 0 Å². The highest BCUT2D eigenvalue weighted by Gasteiger charge is 2.14. The Kier molecular flexibility index (Phi) is 5.06. The SMILES string of the molecule is CC[C@@H](CO)NC(=O)c1ccc(Cl)cc1Cl. The van der Waals surface area contributed by atoms with Crippen LogP contribution in [-0.4, -0.2) is 23.7 Å². The lowest BCUT2D eigenvalue weighted by Crippen LogP contribution is -2.37. The van der Waals surface area contributed by atoms with Crippen LogP contribution in [0.25, 0.3) is 0 Å². The molecule has 0 heterocycles. The van der Waals surface area contributed by atoms with Crippen LogP contribution >= 0.6 is 23.2 Å². The fraction of sp³-hybridized carbons (Fsp3) is 0.364. The normalized spacial score (nSPS) is 12.2. The fourth-order valence-corrected chi connectivity index (χ4v) is 1.71. The molecule has 5 heteroatoms. The lowest BCUT2D eigenvalue weighted by atomic mass is 10.2. The number of amides is 1. The minimum Gasteiger partial charge on any atom is -0.394 e. The molecule has 0 saturated carbocycles. The van der Waals surface area contributed by atoms with Crippen molar-refractivity contribution in [3.63, 3.8) is 0 Å². The molecular formula is C11H13Cl2NO2. The summed E-state index contributed by atoms with van der Waals surface area (Å²) in [5, 5.41) is 12.4. The van der Waals surface area contributed by atoms with E-state index < -0.39 is 0 Å². The van der Waals surface area contributed by atoms with E-state index in [2.05, 4.69) is 5.32 Å². The van der Waals surface area contributed by atoms with E-state index in [1.807, 2.05) is 6.92 Å². The van der Waals surface area contributed by atoms with Gasteiger partial charge < -0.3 is 10.4 Å². The Morgan fingerprint density at radius 3 is 2.69 bits per heavy atom. The summed E-state index contributed by atoms with van der Waals surface area (Å²) in [6, 6.07) is 4.42. The van der Waals surface area contributed by atoms with Crippen LogP contribution in [0.2, 0.25) is 10.0 Å². The Morgan fingerprint density at radius 2 is 2.19 bits per heavy atom. The summed E-state index contributed by atoms with van der Waals surface area (Å²) in [7, 11) is 0. The molecule has 1 aromatic carbocycles. The number of hydrogen-bond acceptors (Lipinski definition) is 2. The molecule has 0 radical (unpaired) electrons. The number of halogens is 2. The molecule has 0 spiro atoms. The van der Waals surface area contributed by atoms with E-state index in [0.717, 1.165) is 0 Å². The largest absolute Gasteiger partial charge is 0.394 e. The number of carbonyl (C=O) groups excluding carboxylic acids is 1. The highest BCUT2D eigenvalue weighted by atomic mass is 35.5. The summed E-state index contributed by atoms with van der Waals surface area (Å²) in [6.45, 7) is 1.79. The van der Waals surface area contributed by atoms with Gasteiger partial charge in [0.1, 0.15) is 0 Å². The van der Waals surface area contributed by atoms with Crippen LogP contribution in [0.15, 0.2) is 18.2 Å². The number of rotatable bonds is 4. The van der Waals surface area contributed by atoms with Crippen molar-refractivity contribution in [1.29, 1.82) is 0 Å². The Labute approximate surface area is 104 Å². The number of nitrogens with one attached hydrogen (secondary N) is 1. The third-order valence-corrected chi connectivity index (χ3v) is 2.77. The zero-order valence-electron chi connectivity index (χ0n) is 8.84. The van der Waals surface area contributed by atoms with Crippen molar-refractivity contribution < 1.29 is 9.90 Å². The highest BCUT2D eigenvalue weighted by molar-refractivity contribution is 6.36. The van der Waals surface area contributed by atoms with Gasteiger partial charge >= 0.3 is 0 Å². The van der Waals surface area contributed by atoms with Gasteiger partial charge in [0.05, 0.1) is 23.2 Å². The first-order valence-electron chi connectivity index (χ1n) is 4.95. The lowest BCUT2D eigenvalue weighted by molar-refractivity contribution is 0.0915. The molecule has 1 amide bonds. The van der Waals surface area contributed by atoms with Crippen molar-refractivity contribution in [2.24, 2.45) is 0 Å². The standard InChI is InChI=1S/C11H13Cl2NO2/c1-2-8(6-15)14-11(16)9-4-3-7(12)5-10(9)13/h3-5,8,15H,2,6H2,1H3,(H,14,16)/t8-/m0/s1. The topological polar surface area (TPSA) is 49.3 Å². The molecule has 2 N–H and O–H groups in total. The van der Waals surface area contributed by atoms with Gasteiger partial charge in [-0.15, -0.1) is 0 Å². The molecule has 0 unspecified atom stereocenters. The van der Waals surface area contributed by atoms with Crippen molar-refractivity contribution >= 4 is 29.1 Å². The van der Waals surface area contributed by atoms with Crippen molar-refractivity contribution in [3.8, 4) is 0 Å². The molecule has 0 saturated heterocycles. The monoisotopic (exact) mass is 261 g/mol. The second-order valence-electron chi connectivity index (χ2n) is 3.39. The van der Waals surface area contributed by atoms with Crippen LogP contribution in [0.4, 0.5) is 0 Å². The minimum absolute atomic E-state index is 0.0898. The van der Waals surface area contributed by atoms with Gasteiger partial charge in [0.15, 0.2) is 0 Å². The molecule has 3 nitrogen and oxygen atoms in total. The Bertz CT molecular complexity index is 378. The maximum Gasteiger partial charge on any atom is 0.253 e. The van der Waals surface area contributed by atoms with Gasteiger partial charge in [0.2, 0.25) is 0 Å². The van der Waals surface area contributed by atoms with Crippen LogP contribution in [0.3, 0.4) is 0 Å². The highest BCUT2D eigenvalue weighted by Crippen LogP contribution is 2.20. The average molecular weight is 262 g/mol.